The van der Waals surface area contributed by atoms with E-state index in [-0.39, 0.29) is 17.8 Å². The third kappa shape index (κ3) is 6.09. The van der Waals surface area contributed by atoms with Gasteiger partial charge in [-0.1, -0.05) is 11.8 Å². The van der Waals surface area contributed by atoms with Gasteiger partial charge in [-0.25, -0.2) is 0 Å². The molecule has 4 heteroatoms. The quantitative estimate of drug-likeness (QED) is 0.489. The summed E-state index contributed by atoms with van der Waals surface area (Å²) >= 11 is 1.25. The Hall–Kier alpha value is -0.640. The highest BCUT2D eigenvalue weighted by Gasteiger charge is 2.04. The molecule has 0 fully saturated rings. The van der Waals surface area contributed by atoms with Crippen LogP contribution >= 0.6 is 11.8 Å². The topological polar surface area (TPSA) is 35.5 Å². The summed E-state index contributed by atoms with van der Waals surface area (Å²) in [6.07, 6.45) is 0.0997. The molecule has 0 aliphatic heterocycles. The van der Waals surface area contributed by atoms with Crippen LogP contribution in [0.5, 0.6) is 0 Å². The summed E-state index contributed by atoms with van der Waals surface area (Å²) in [6.45, 7) is 7.45. The highest BCUT2D eigenvalue weighted by Crippen LogP contribution is 2.16. The van der Waals surface area contributed by atoms with E-state index < -0.39 is 0 Å². The fourth-order valence-corrected chi connectivity index (χ4v) is 1.15. The number of carbonyl (C=O) groups is 1. The molecule has 0 amide bonds. The van der Waals surface area contributed by atoms with E-state index >= 15 is 0 Å². The number of esters is 1. The fourth-order valence-electron chi connectivity index (χ4n) is 0.495. The molecule has 0 saturated heterocycles. The van der Waals surface area contributed by atoms with Gasteiger partial charge in [-0.05, 0) is 20.4 Å². The summed E-state index contributed by atoms with van der Waals surface area (Å²) in [7, 11) is 1.36. The normalized spacial score (nSPS) is 9.67. The molecule has 0 aromatic carbocycles. The molecular weight excluding hydrogens is 176 g/mol. The molecule has 0 aliphatic carbocycles. The molecule has 0 radical (unpaired) electrons. The first-order chi connectivity index (χ1) is 5.56. The van der Waals surface area contributed by atoms with E-state index in [2.05, 4.69) is 11.3 Å². The monoisotopic (exact) mass is 190 g/mol. The lowest BCUT2D eigenvalue weighted by Gasteiger charge is -2.10. The predicted octanol–water partition coefficient (Wildman–Crippen LogP) is 1.79. The van der Waals surface area contributed by atoms with Crippen LogP contribution in [0, 0.1) is 0 Å². The number of methoxy groups -OCH3 is 1. The zero-order chi connectivity index (χ0) is 9.56. The first kappa shape index (κ1) is 11.4. The Bertz CT molecular complexity index is 166. The number of hydrogen-bond acceptors (Lipinski definition) is 4. The molecule has 0 aromatic heterocycles. The summed E-state index contributed by atoms with van der Waals surface area (Å²) in [4.78, 5) is 10.7. The first-order valence-corrected chi connectivity index (χ1v) is 4.60. The van der Waals surface area contributed by atoms with Gasteiger partial charge in [-0.3, -0.25) is 4.79 Å². The van der Waals surface area contributed by atoms with Crippen molar-refractivity contribution in [3.05, 3.63) is 11.7 Å². The molecule has 0 bridgehead atoms. The summed E-state index contributed by atoms with van der Waals surface area (Å²) < 4.78 is 9.65. The Kier molecular flexibility index (Phi) is 5.62. The molecule has 0 spiro atoms. The van der Waals surface area contributed by atoms with E-state index in [0.717, 1.165) is 0 Å². The first-order valence-electron chi connectivity index (χ1n) is 3.61. The Balaban J connectivity index is 3.51. The second kappa shape index (κ2) is 5.94. The summed E-state index contributed by atoms with van der Waals surface area (Å²) in [5, 5.41) is 0.551. The van der Waals surface area contributed by atoms with E-state index in [4.69, 9.17) is 4.74 Å². The maximum absolute atomic E-state index is 10.7. The Morgan fingerprint density at radius 3 is 2.58 bits per heavy atom. The highest BCUT2D eigenvalue weighted by molar-refractivity contribution is 8.03. The van der Waals surface area contributed by atoms with Crippen LogP contribution in [0.2, 0.25) is 0 Å². The van der Waals surface area contributed by atoms with E-state index in [9.17, 15) is 4.79 Å². The van der Waals surface area contributed by atoms with Crippen molar-refractivity contribution in [1.82, 2.24) is 0 Å². The standard InChI is InChI=1S/C8H14O3S/c1-6(2)11-7(3)12-5-8(9)10-4/h6H,3,5H2,1-2,4H3. The van der Waals surface area contributed by atoms with Crippen molar-refractivity contribution in [1.29, 1.82) is 0 Å². The van der Waals surface area contributed by atoms with Gasteiger partial charge in [0.05, 0.1) is 19.0 Å². The molecule has 3 nitrogen and oxygen atoms in total. The van der Waals surface area contributed by atoms with E-state index in [1.54, 1.807) is 0 Å². The van der Waals surface area contributed by atoms with Gasteiger partial charge < -0.3 is 9.47 Å². The molecule has 0 N–H and O–H groups in total. The Morgan fingerprint density at radius 1 is 1.58 bits per heavy atom. The number of rotatable bonds is 5. The third-order valence-electron chi connectivity index (χ3n) is 0.946. The molecule has 0 atom stereocenters. The lowest BCUT2D eigenvalue weighted by atomic mass is 10.5. The average Bonchev–Trinajstić information content (AvgIpc) is 1.99. The number of carbonyl (C=O) groups excluding carboxylic acids is 1. The molecule has 70 valence electrons. The second-order valence-electron chi connectivity index (χ2n) is 2.40. The van der Waals surface area contributed by atoms with Crippen LogP contribution in [0.25, 0.3) is 0 Å². The van der Waals surface area contributed by atoms with Gasteiger partial charge in [0.1, 0.15) is 5.09 Å². The largest absolute Gasteiger partial charge is 0.485 e. The van der Waals surface area contributed by atoms with Gasteiger partial charge in [0, 0.05) is 0 Å². The average molecular weight is 190 g/mol. The van der Waals surface area contributed by atoms with E-state index in [0.29, 0.717) is 5.09 Å². The summed E-state index contributed by atoms with van der Waals surface area (Å²) in [5.74, 6) is -0.0179. The number of thioether (sulfide) groups is 1. The molecule has 0 aliphatic rings. The van der Waals surface area contributed by atoms with Crippen molar-refractivity contribution in [3.8, 4) is 0 Å². The van der Waals surface area contributed by atoms with Gasteiger partial charge in [0.2, 0.25) is 0 Å². The van der Waals surface area contributed by atoms with Gasteiger partial charge in [0.25, 0.3) is 0 Å². The second-order valence-corrected chi connectivity index (χ2v) is 3.44. The molecule has 0 aromatic rings. The van der Waals surface area contributed by atoms with Crippen molar-refractivity contribution in [2.75, 3.05) is 12.9 Å². The maximum atomic E-state index is 10.7. The third-order valence-corrected chi connectivity index (χ3v) is 1.74. The van der Waals surface area contributed by atoms with Crippen LogP contribution in [0.4, 0.5) is 0 Å². The summed E-state index contributed by atoms with van der Waals surface area (Å²) in [6, 6.07) is 0. The zero-order valence-corrected chi connectivity index (χ0v) is 8.44. The minimum absolute atomic E-state index is 0.0997. The van der Waals surface area contributed by atoms with Crippen molar-refractivity contribution < 1.29 is 14.3 Å². The lowest BCUT2D eigenvalue weighted by Crippen LogP contribution is -2.05. The molecule has 0 rings (SSSR count). The summed E-state index contributed by atoms with van der Waals surface area (Å²) in [5.41, 5.74) is 0. The molecule has 0 saturated carbocycles. The molecule has 0 heterocycles. The van der Waals surface area contributed by atoms with Gasteiger partial charge >= 0.3 is 5.97 Å². The van der Waals surface area contributed by atoms with Gasteiger partial charge in [-0.2, -0.15) is 0 Å². The molecule has 0 unspecified atom stereocenters. The van der Waals surface area contributed by atoms with Crippen molar-refractivity contribution in [2.24, 2.45) is 0 Å². The van der Waals surface area contributed by atoms with Crippen molar-refractivity contribution >= 4 is 17.7 Å². The van der Waals surface area contributed by atoms with E-state index in [1.807, 2.05) is 13.8 Å². The Morgan fingerprint density at radius 2 is 2.17 bits per heavy atom. The molecular formula is C8H14O3S. The Labute approximate surface area is 77.1 Å². The predicted molar refractivity (Wildman–Crippen MR) is 49.8 cm³/mol. The highest BCUT2D eigenvalue weighted by atomic mass is 32.2. The van der Waals surface area contributed by atoms with Gasteiger partial charge in [-0.15, -0.1) is 0 Å². The van der Waals surface area contributed by atoms with Crippen LogP contribution < -0.4 is 0 Å². The minimum Gasteiger partial charge on any atom is -0.485 e. The van der Waals surface area contributed by atoms with Crippen LogP contribution in [-0.4, -0.2) is 24.9 Å². The SMILES string of the molecule is C=C(OC(C)C)SCC(=O)OC. The van der Waals surface area contributed by atoms with Crippen LogP contribution in [0.1, 0.15) is 13.8 Å². The lowest BCUT2D eigenvalue weighted by molar-refractivity contribution is -0.137. The van der Waals surface area contributed by atoms with Crippen LogP contribution in [0.15, 0.2) is 11.7 Å². The van der Waals surface area contributed by atoms with E-state index in [1.165, 1.54) is 18.9 Å². The minimum atomic E-state index is -0.270. The van der Waals surface area contributed by atoms with Crippen molar-refractivity contribution in [3.63, 3.8) is 0 Å². The maximum Gasteiger partial charge on any atom is 0.316 e. The van der Waals surface area contributed by atoms with Gasteiger partial charge in [0.15, 0.2) is 0 Å². The number of hydrogen-bond donors (Lipinski definition) is 0. The number of ether oxygens (including phenoxy) is 2. The fraction of sp³-hybridized carbons (Fsp3) is 0.625. The zero-order valence-electron chi connectivity index (χ0n) is 7.62. The van der Waals surface area contributed by atoms with Crippen molar-refractivity contribution in [2.45, 2.75) is 20.0 Å². The smallest absolute Gasteiger partial charge is 0.316 e. The molecule has 12 heavy (non-hydrogen) atoms. The van der Waals surface area contributed by atoms with Crippen LogP contribution in [0.3, 0.4) is 0 Å². The van der Waals surface area contributed by atoms with Crippen LogP contribution in [-0.2, 0) is 14.3 Å².